The zero-order chi connectivity index (χ0) is 19.1. The second-order valence-corrected chi connectivity index (χ2v) is 6.91. The van der Waals surface area contributed by atoms with Crippen molar-refractivity contribution < 1.29 is 9.13 Å². The summed E-state index contributed by atoms with van der Waals surface area (Å²) >= 11 is 6.03. The minimum Gasteiger partial charge on any atom is -0.497 e. The van der Waals surface area contributed by atoms with E-state index in [1.165, 1.54) is 23.3 Å². The van der Waals surface area contributed by atoms with Crippen molar-refractivity contribution in [1.82, 2.24) is 5.32 Å². The molecule has 3 aromatic carbocycles. The summed E-state index contributed by atoms with van der Waals surface area (Å²) in [7, 11) is 1.67. The molecule has 0 saturated carbocycles. The third-order valence-electron chi connectivity index (χ3n) is 4.64. The van der Waals surface area contributed by atoms with E-state index in [-0.39, 0.29) is 11.7 Å². The van der Waals surface area contributed by atoms with Crippen molar-refractivity contribution in [1.29, 1.82) is 0 Å². The molecule has 3 rings (SSSR count). The molecule has 0 fully saturated rings. The standard InChI is InChI=1S/C23H23ClFNO/c1-27-22-12-2-17(3-13-22)16-26-15-14-23(18-4-8-20(24)9-5-18)19-6-10-21(25)11-7-19/h2-13,23,26H,14-16H2,1H3/t23-/m1/s1. The van der Waals surface area contributed by atoms with Crippen molar-refractivity contribution >= 4 is 11.6 Å². The average Bonchev–Trinajstić information content (AvgIpc) is 2.70. The fourth-order valence-corrected chi connectivity index (χ4v) is 3.26. The lowest BCUT2D eigenvalue weighted by Crippen LogP contribution is -2.17. The van der Waals surface area contributed by atoms with Gasteiger partial charge in [0.05, 0.1) is 7.11 Å². The van der Waals surface area contributed by atoms with Gasteiger partial charge >= 0.3 is 0 Å². The zero-order valence-electron chi connectivity index (χ0n) is 15.3. The molecule has 0 aliphatic rings. The molecule has 0 heterocycles. The first-order valence-electron chi connectivity index (χ1n) is 9.00. The molecule has 1 N–H and O–H groups in total. The van der Waals surface area contributed by atoms with Gasteiger partial charge in [0, 0.05) is 17.5 Å². The summed E-state index contributed by atoms with van der Waals surface area (Å²) in [6.45, 7) is 1.64. The summed E-state index contributed by atoms with van der Waals surface area (Å²) in [6, 6.07) is 22.7. The number of hydrogen-bond acceptors (Lipinski definition) is 2. The Morgan fingerprint density at radius 2 is 1.48 bits per heavy atom. The lowest BCUT2D eigenvalue weighted by Gasteiger charge is -2.19. The van der Waals surface area contributed by atoms with Gasteiger partial charge in [-0.25, -0.2) is 4.39 Å². The van der Waals surface area contributed by atoms with Crippen LogP contribution in [0.2, 0.25) is 5.02 Å². The lowest BCUT2D eigenvalue weighted by molar-refractivity contribution is 0.414. The molecule has 0 aliphatic carbocycles. The molecule has 0 aromatic heterocycles. The second-order valence-electron chi connectivity index (χ2n) is 6.47. The van der Waals surface area contributed by atoms with Crippen LogP contribution in [-0.2, 0) is 6.54 Å². The average molecular weight is 384 g/mol. The van der Waals surface area contributed by atoms with Gasteiger partial charge in [0.1, 0.15) is 11.6 Å². The summed E-state index contributed by atoms with van der Waals surface area (Å²) in [5.41, 5.74) is 3.49. The molecule has 0 amide bonds. The van der Waals surface area contributed by atoms with Crippen LogP contribution in [0.15, 0.2) is 72.8 Å². The first-order chi connectivity index (χ1) is 13.2. The number of methoxy groups -OCH3 is 1. The third kappa shape index (κ3) is 5.56. The number of benzene rings is 3. The minimum absolute atomic E-state index is 0.186. The van der Waals surface area contributed by atoms with E-state index in [2.05, 4.69) is 17.4 Å². The Bertz CT molecular complexity index is 786. The summed E-state index contributed by atoms with van der Waals surface area (Å²) in [5.74, 6) is 0.829. The van der Waals surface area contributed by atoms with Gasteiger partial charge < -0.3 is 10.1 Å². The fourth-order valence-electron chi connectivity index (χ4n) is 3.14. The molecule has 4 heteroatoms. The highest BCUT2D eigenvalue weighted by molar-refractivity contribution is 6.30. The number of rotatable bonds is 8. The van der Waals surface area contributed by atoms with Gasteiger partial charge in [-0.05, 0) is 66.1 Å². The Kier molecular flexibility index (Phi) is 6.86. The van der Waals surface area contributed by atoms with Crippen LogP contribution in [-0.4, -0.2) is 13.7 Å². The second kappa shape index (κ2) is 9.54. The maximum atomic E-state index is 13.3. The largest absolute Gasteiger partial charge is 0.497 e. The topological polar surface area (TPSA) is 21.3 Å². The zero-order valence-corrected chi connectivity index (χ0v) is 16.0. The van der Waals surface area contributed by atoms with Gasteiger partial charge in [-0.1, -0.05) is 48.0 Å². The molecule has 0 spiro atoms. The van der Waals surface area contributed by atoms with Crippen molar-refractivity contribution in [3.63, 3.8) is 0 Å². The van der Waals surface area contributed by atoms with Crippen molar-refractivity contribution in [2.45, 2.75) is 18.9 Å². The number of hydrogen-bond donors (Lipinski definition) is 1. The van der Waals surface area contributed by atoms with Crippen molar-refractivity contribution in [3.05, 3.63) is 100 Å². The molecule has 0 unspecified atom stereocenters. The van der Waals surface area contributed by atoms with Crippen LogP contribution < -0.4 is 10.1 Å². The van der Waals surface area contributed by atoms with Crippen LogP contribution in [0.1, 0.15) is 29.0 Å². The molecule has 140 valence electrons. The smallest absolute Gasteiger partial charge is 0.123 e. The maximum absolute atomic E-state index is 13.3. The van der Waals surface area contributed by atoms with Crippen LogP contribution in [0, 0.1) is 5.82 Å². The van der Waals surface area contributed by atoms with Crippen molar-refractivity contribution in [2.24, 2.45) is 0 Å². The minimum atomic E-state index is -0.216. The molecule has 2 nitrogen and oxygen atoms in total. The molecule has 3 aromatic rings. The van der Waals surface area contributed by atoms with Crippen LogP contribution in [0.3, 0.4) is 0 Å². The first kappa shape index (κ1) is 19.4. The normalized spacial score (nSPS) is 12.0. The van der Waals surface area contributed by atoms with Gasteiger partial charge in [0.2, 0.25) is 0 Å². The number of ether oxygens (including phenoxy) is 1. The quantitative estimate of drug-likeness (QED) is 0.496. The summed E-state index contributed by atoms with van der Waals surface area (Å²) in [6.07, 6.45) is 0.906. The van der Waals surface area contributed by atoms with Gasteiger partial charge in [-0.15, -0.1) is 0 Å². The van der Waals surface area contributed by atoms with Crippen LogP contribution in [0.4, 0.5) is 4.39 Å². The summed E-state index contributed by atoms with van der Waals surface area (Å²) in [4.78, 5) is 0. The third-order valence-corrected chi connectivity index (χ3v) is 4.89. The van der Waals surface area contributed by atoms with E-state index in [9.17, 15) is 4.39 Å². The van der Waals surface area contributed by atoms with Crippen LogP contribution in [0.25, 0.3) is 0 Å². The molecule has 0 radical (unpaired) electrons. The predicted octanol–water partition coefficient (Wildman–Crippen LogP) is 5.80. The fraction of sp³-hybridized carbons (Fsp3) is 0.217. The van der Waals surface area contributed by atoms with Crippen LogP contribution in [0.5, 0.6) is 5.75 Å². The highest BCUT2D eigenvalue weighted by Gasteiger charge is 2.14. The molecular weight excluding hydrogens is 361 g/mol. The lowest BCUT2D eigenvalue weighted by atomic mass is 9.88. The maximum Gasteiger partial charge on any atom is 0.123 e. The Morgan fingerprint density at radius 3 is 2.07 bits per heavy atom. The molecule has 0 saturated heterocycles. The number of nitrogens with one attached hydrogen (secondary N) is 1. The number of halogens is 2. The molecule has 27 heavy (non-hydrogen) atoms. The van der Waals surface area contributed by atoms with E-state index in [1.807, 2.05) is 48.5 Å². The van der Waals surface area contributed by atoms with E-state index in [1.54, 1.807) is 7.11 Å². The summed E-state index contributed by atoms with van der Waals surface area (Å²) in [5, 5.41) is 4.21. The van der Waals surface area contributed by atoms with E-state index in [4.69, 9.17) is 16.3 Å². The van der Waals surface area contributed by atoms with Crippen molar-refractivity contribution in [2.75, 3.05) is 13.7 Å². The van der Waals surface area contributed by atoms with Crippen LogP contribution >= 0.6 is 11.6 Å². The highest BCUT2D eigenvalue weighted by atomic mass is 35.5. The first-order valence-corrected chi connectivity index (χ1v) is 9.38. The summed E-state index contributed by atoms with van der Waals surface area (Å²) < 4.78 is 18.5. The SMILES string of the molecule is COc1ccc(CNCC[C@@H](c2ccc(F)cc2)c2ccc(Cl)cc2)cc1. The Labute approximate surface area is 165 Å². The Hall–Kier alpha value is -2.36. The molecule has 0 aliphatic heterocycles. The van der Waals surface area contributed by atoms with Gasteiger partial charge in [-0.2, -0.15) is 0 Å². The molecule has 1 atom stereocenters. The van der Waals surface area contributed by atoms with E-state index in [0.29, 0.717) is 5.02 Å². The predicted molar refractivity (Wildman–Crippen MR) is 109 cm³/mol. The monoisotopic (exact) mass is 383 g/mol. The molecule has 0 bridgehead atoms. The van der Waals surface area contributed by atoms with Gasteiger partial charge in [0.15, 0.2) is 0 Å². The van der Waals surface area contributed by atoms with Crippen molar-refractivity contribution in [3.8, 4) is 5.75 Å². The van der Waals surface area contributed by atoms with E-state index in [0.717, 1.165) is 30.8 Å². The molecular formula is C23H23ClFNO. The van der Waals surface area contributed by atoms with E-state index < -0.39 is 0 Å². The van der Waals surface area contributed by atoms with Gasteiger partial charge in [0.25, 0.3) is 0 Å². The van der Waals surface area contributed by atoms with E-state index >= 15 is 0 Å². The van der Waals surface area contributed by atoms with Gasteiger partial charge in [-0.3, -0.25) is 0 Å². The Morgan fingerprint density at radius 1 is 0.889 bits per heavy atom. The Balaban J connectivity index is 1.64. The highest BCUT2D eigenvalue weighted by Crippen LogP contribution is 2.29.